The van der Waals surface area contributed by atoms with Crippen LogP contribution in [0.4, 0.5) is 0 Å². The lowest BCUT2D eigenvalue weighted by Gasteiger charge is -2.20. The van der Waals surface area contributed by atoms with Gasteiger partial charge < -0.3 is 14.6 Å². The molecule has 1 atom stereocenters. The van der Waals surface area contributed by atoms with Gasteiger partial charge >= 0.3 is 0 Å². The standard InChI is InChI=1S/C16H23NO3/c1-2-12-4-3-6-17(7-5-12)10-13-8-15-16(9-14(13)18)20-11-19-15/h8-9,12,18H,2-7,10-11H2,1H3. The lowest BCUT2D eigenvalue weighted by Crippen LogP contribution is -2.24. The fourth-order valence-electron chi connectivity index (χ4n) is 3.13. The first-order chi connectivity index (χ1) is 9.76. The van der Waals surface area contributed by atoms with Crippen LogP contribution < -0.4 is 9.47 Å². The fraction of sp³-hybridized carbons (Fsp3) is 0.625. The molecule has 0 aromatic heterocycles. The van der Waals surface area contributed by atoms with Crippen LogP contribution >= 0.6 is 0 Å². The monoisotopic (exact) mass is 277 g/mol. The summed E-state index contributed by atoms with van der Waals surface area (Å²) in [6.07, 6.45) is 5.13. The van der Waals surface area contributed by atoms with E-state index in [0.717, 1.165) is 36.9 Å². The molecule has 1 fully saturated rings. The van der Waals surface area contributed by atoms with E-state index < -0.39 is 0 Å². The number of nitrogens with zero attached hydrogens (tertiary/aromatic N) is 1. The Balaban J connectivity index is 1.68. The first-order valence-electron chi connectivity index (χ1n) is 7.60. The van der Waals surface area contributed by atoms with Crippen molar-refractivity contribution in [2.45, 2.75) is 39.2 Å². The van der Waals surface area contributed by atoms with Crippen molar-refractivity contribution in [2.75, 3.05) is 19.9 Å². The summed E-state index contributed by atoms with van der Waals surface area (Å²) in [5.41, 5.74) is 0.934. The Labute approximate surface area is 120 Å². The highest BCUT2D eigenvalue weighted by atomic mass is 16.7. The van der Waals surface area contributed by atoms with Crippen molar-refractivity contribution in [3.8, 4) is 17.2 Å². The van der Waals surface area contributed by atoms with Gasteiger partial charge in [-0.05, 0) is 44.3 Å². The van der Waals surface area contributed by atoms with Gasteiger partial charge in [0.1, 0.15) is 5.75 Å². The molecule has 4 nitrogen and oxygen atoms in total. The van der Waals surface area contributed by atoms with Crippen LogP contribution in [0.3, 0.4) is 0 Å². The smallest absolute Gasteiger partial charge is 0.231 e. The number of ether oxygens (including phenoxy) is 2. The maximum atomic E-state index is 10.1. The summed E-state index contributed by atoms with van der Waals surface area (Å²) in [7, 11) is 0. The number of aromatic hydroxyl groups is 1. The lowest BCUT2D eigenvalue weighted by atomic mass is 9.98. The van der Waals surface area contributed by atoms with Crippen LogP contribution in [0.1, 0.15) is 38.2 Å². The molecule has 2 heterocycles. The van der Waals surface area contributed by atoms with Gasteiger partial charge in [0.2, 0.25) is 6.79 Å². The number of benzene rings is 1. The van der Waals surface area contributed by atoms with Gasteiger partial charge in [0.15, 0.2) is 11.5 Å². The molecule has 20 heavy (non-hydrogen) atoms. The van der Waals surface area contributed by atoms with Crippen molar-refractivity contribution in [1.82, 2.24) is 4.90 Å². The van der Waals surface area contributed by atoms with E-state index in [-0.39, 0.29) is 6.79 Å². The number of hydrogen-bond donors (Lipinski definition) is 1. The van der Waals surface area contributed by atoms with Crippen LogP contribution in [0.5, 0.6) is 17.2 Å². The van der Waals surface area contributed by atoms with Crippen LogP contribution in [0.25, 0.3) is 0 Å². The number of rotatable bonds is 3. The van der Waals surface area contributed by atoms with Crippen LogP contribution in [-0.4, -0.2) is 29.9 Å². The van der Waals surface area contributed by atoms with Crippen LogP contribution in [0.15, 0.2) is 12.1 Å². The Kier molecular flexibility index (Phi) is 4.01. The molecule has 1 N–H and O–H groups in total. The number of likely N-dealkylation sites (tertiary alicyclic amines) is 1. The normalized spacial score (nSPS) is 22.8. The van der Waals surface area contributed by atoms with E-state index in [2.05, 4.69) is 11.8 Å². The summed E-state index contributed by atoms with van der Waals surface area (Å²) >= 11 is 0. The molecule has 2 aliphatic rings. The van der Waals surface area contributed by atoms with E-state index in [0.29, 0.717) is 11.5 Å². The van der Waals surface area contributed by atoms with Crippen molar-refractivity contribution >= 4 is 0 Å². The summed E-state index contributed by atoms with van der Waals surface area (Å²) < 4.78 is 10.7. The zero-order valence-corrected chi connectivity index (χ0v) is 12.1. The minimum Gasteiger partial charge on any atom is -0.507 e. The van der Waals surface area contributed by atoms with Crippen molar-refractivity contribution in [2.24, 2.45) is 5.92 Å². The number of hydrogen-bond acceptors (Lipinski definition) is 4. The fourth-order valence-corrected chi connectivity index (χ4v) is 3.13. The van der Waals surface area contributed by atoms with Gasteiger partial charge in [-0.1, -0.05) is 13.3 Å². The number of phenols is 1. The van der Waals surface area contributed by atoms with E-state index in [1.54, 1.807) is 6.07 Å². The molecule has 2 aliphatic heterocycles. The minimum absolute atomic E-state index is 0.250. The third-order valence-corrected chi connectivity index (χ3v) is 4.49. The Hall–Kier alpha value is -1.42. The average molecular weight is 277 g/mol. The maximum absolute atomic E-state index is 10.1. The van der Waals surface area contributed by atoms with E-state index in [1.807, 2.05) is 6.07 Å². The van der Waals surface area contributed by atoms with Crippen molar-refractivity contribution in [3.05, 3.63) is 17.7 Å². The summed E-state index contributed by atoms with van der Waals surface area (Å²) in [5, 5.41) is 10.1. The van der Waals surface area contributed by atoms with Crippen molar-refractivity contribution < 1.29 is 14.6 Å². The zero-order valence-electron chi connectivity index (χ0n) is 12.1. The molecular weight excluding hydrogens is 254 g/mol. The Morgan fingerprint density at radius 2 is 2.00 bits per heavy atom. The molecule has 0 bridgehead atoms. The maximum Gasteiger partial charge on any atom is 0.231 e. The van der Waals surface area contributed by atoms with Crippen LogP contribution in [-0.2, 0) is 6.54 Å². The van der Waals surface area contributed by atoms with E-state index in [4.69, 9.17) is 9.47 Å². The average Bonchev–Trinajstić information content (AvgIpc) is 2.76. The van der Waals surface area contributed by atoms with Gasteiger partial charge in [-0.3, -0.25) is 4.90 Å². The molecule has 0 radical (unpaired) electrons. The third-order valence-electron chi connectivity index (χ3n) is 4.49. The van der Waals surface area contributed by atoms with E-state index in [9.17, 15) is 5.11 Å². The van der Waals surface area contributed by atoms with Gasteiger partial charge in [0.05, 0.1) is 0 Å². The highest BCUT2D eigenvalue weighted by Crippen LogP contribution is 2.38. The first kappa shape index (κ1) is 13.6. The molecule has 3 rings (SSSR count). The Morgan fingerprint density at radius 1 is 1.20 bits per heavy atom. The van der Waals surface area contributed by atoms with Gasteiger partial charge in [0.25, 0.3) is 0 Å². The summed E-state index contributed by atoms with van der Waals surface area (Å²) in [6, 6.07) is 3.59. The number of phenolic OH excluding ortho intramolecular Hbond substituents is 1. The predicted molar refractivity (Wildman–Crippen MR) is 77.1 cm³/mol. The first-order valence-corrected chi connectivity index (χ1v) is 7.60. The van der Waals surface area contributed by atoms with Crippen LogP contribution in [0.2, 0.25) is 0 Å². The molecule has 1 aromatic carbocycles. The van der Waals surface area contributed by atoms with Gasteiger partial charge in [0, 0.05) is 18.2 Å². The summed E-state index contributed by atoms with van der Waals surface area (Å²) in [5.74, 6) is 2.57. The molecule has 1 saturated heterocycles. The van der Waals surface area contributed by atoms with Gasteiger partial charge in [-0.25, -0.2) is 0 Å². The van der Waals surface area contributed by atoms with Crippen molar-refractivity contribution in [1.29, 1.82) is 0 Å². The molecule has 4 heteroatoms. The van der Waals surface area contributed by atoms with Gasteiger partial charge in [-0.15, -0.1) is 0 Å². The zero-order chi connectivity index (χ0) is 13.9. The molecule has 110 valence electrons. The van der Waals surface area contributed by atoms with Crippen molar-refractivity contribution in [3.63, 3.8) is 0 Å². The molecule has 1 aromatic rings. The second-order valence-electron chi connectivity index (χ2n) is 5.82. The molecule has 0 amide bonds. The molecule has 1 unspecified atom stereocenters. The second kappa shape index (κ2) is 5.92. The largest absolute Gasteiger partial charge is 0.507 e. The molecular formula is C16H23NO3. The molecule has 0 spiro atoms. The highest BCUT2D eigenvalue weighted by Gasteiger charge is 2.20. The second-order valence-corrected chi connectivity index (χ2v) is 5.82. The van der Waals surface area contributed by atoms with Crippen LogP contribution in [0, 0.1) is 5.92 Å². The highest BCUT2D eigenvalue weighted by molar-refractivity contribution is 5.51. The van der Waals surface area contributed by atoms with E-state index in [1.165, 1.54) is 25.7 Å². The third kappa shape index (κ3) is 2.85. The van der Waals surface area contributed by atoms with E-state index >= 15 is 0 Å². The van der Waals surface area contributed by atoms with Gasteiger partial charge in [-0.2, -0.15) is 0 Å². The number of fused-ring (bicyclic) bond motifs is 1. The Bertz CT molecular complexity index is 475. The molecule has 0 aliphatic carbocycles. The quantitative estimate of drug-likeness (QED) is 0.921. The SMILES string of the molecule is CCC1CCCN(Cc2cc3c(cc2O)OCO3)CC1. The summed E-state index contributed by atoms with van der Waals surface area (Å²) in [6.45, 7) is 5.56. The predicted octanol–water partition coefficient (Wildman–Crippen LogP) is 3.13. The summed E-state index contributed by atoms with van der Waals surface area (Å²) in [4.78, 5) is 2.44. The molecule has 0 saturated carbocycles. The topological polar surface area (TPSA) is 41.9 Å². The minimum atomic E-state index is 0.250. The lowest BCUT2D eigenvalue weighted by molar-refractivity contribution is 0.174. The Morgan fingerprint density at radius 3 is 2.80 bits per heavy atom.